The number of ketones is 1. The van der Waals surface area contributed by atoms with Crippen molar-refractivity contribution in [1.29, 1.82) is 0 Å². The minimum absolute atomic E-state index is 0.184. The lowest BCUT2D eigenvalue weighted by atomic mass is 10.0. The highest BCUT2D eigenvalue weighted by Gasteiger charge is 2.16. The van der Waals surface area contributed by atoms with Gasteiger partial charge >= 0.3 is 0 Å². The summed E-state index contributed by atoms with van der Waals surface area (Å²) < 4.78 is 16.1. The van der Waals surface area contributed by atoms with Gasteiger partial charge in [0.1, 0.15) is 0 Å². The number of aromatic amines is 1. The topological polar surface area (TPSA) is 60.6 Å². The van der Waals surface area contributed by atoms with Gasteiger partial charge in [-0.2, -0.15) is 0 Å². The molecule has 4 aromatic rings. The van der Waals surface area contributed by atoms with Crippen LogP contribution in [0.3, 0.4) is 0 Å². The lowest BCUT2D eigenvalue weighted by Gasteiger charge is -2.13. The quantitative estimate of drug-likeness (QED) is 0.262. The third-order valence-corrected chi connectivity index (χ3v) is 5.48. The number of nitrogens with one attached hydrogen (secondary N) is 1. The summed E-state index contributed by atoms with van der Waals surface area (Å²) in [6, 6.07) is 18.8. The van der Waals surface area contributed by atoms with E-state index in [0.29, 0.717) is 27.8 Å². The minimum Gasteiger partial charge on any atom is -0.493 e. The Morgan fingerprint density at radius 2 is 1.56 bits per heavy atom. The molecule has 6 heteroatoms. The molecule has 0 bridgehead atoms. The van der Waals surface area contributed by atoms with Crippen molar-refractivity contribution in [3.8, 4) is 28.5 Å². The standard InChI is InChI=1S/C26H22ClNO4/c1-30-23-14-17(15-24(31-2)26(23)32-3)22(29)13-12-20-19-6-4-5-7-21(19)28-25(20)16-8-10-18(27)11-9-16/h4-15,28H,1-3H3/b13-12+. The highest BCUT2D eigenvalue weighted by molar-refractivity contribution is 6.30. The Bertz CT molecular complexity index is 1280. The molecule has 0 spiro atoms. The van der Waals surface area contributed by atoms with Gasteiger partial charge in [0.05, 0.1) is 27.0 Å². The Balaban J connectivity index is 1.77. The second-order valence-corrected chi connectivity index (χ2v) is 7.51. The van der Waals surface area contributed by atoms with Crippen LogP contribution < -0.4 is 14.2 Å². The Hall–Kier alpha value is -3.70. The molecule has 1 heterocycles. The summed E-state index contributed by atoms with van der Waals surface area (Å²) in [4.78, 5) is 16.5. The number of hydrogen-bond acceptors (Lipinski definition) is 4. The predicted molar refractivity (Wildman–Crippen MR) is 128 cm³/mol. The summed E-state index contributed by atoms with van der Waals surface area (Å²) in [6.45, 7) is 0. The average Bonchev–Trinajstić information content (AvgIpc) is 3.20. The van der Waals surface area contributed by atoms with E-state index < -0.39 is 0 Å². The Labute approximate surface area is 191 Å². The number of benzene rings is 3. The largest absolute Gasteiger partial charge is 0.493 e. The molecular formula is C26H22ClNO4. The SMILES string of the molecule is COc1cc(C(=O)/C=C/c2c(-c3ccc(Cl)cc3)[nH]c3ccccc23)cc(OC)c1OC. The fourth-order valence-corrected chi connectivity index (χ4v) is 3.79. The van der Waals surface area contributed by atoms with E-state index in [0.717, 1.165) is 27.7 Å². The molecule has 0 unspecified atom stereocenters. The van der Waals surface area contributed by atoms with Crippen molar-refractivity contribution in [2.45, 2.75) is 0 Å². The van der Waals surface area contributed by atoms with Crippen LogP contribution in [0.1, 0.15) is 15.9 Å². The van der Waals surface area contributed by atoms with Crippen molar-refractivity contribution in [2.75, 3.05) is 21.3 Å². The maximum atomic E-state index is 13.0. The third-order valence-electron chi connectivity index (χ3n) is 5.23. The van der Waals surface area contributed by atoms with Crippen LogP contribution in [0.15, 0.2) is 66.7 Å². The molecule has 1 aromatic heterocycles. The van der Waals surface area contributed by atoms with Crippen molar-refractivity contribution in [2.24, 2.45) is 0 Å². The molecule has 3 aromatic carbocycles. The number of ether oxygens (including phenoxy) is 3. The molecule has 0 saturated heterocycles. The molecule has 4 rings (SSSR count). The summed E-state index contributed by atoms with van der Waals surface area (Å²) >= 11 is 6.06. The summed E-state index contributed by atoms with van der Waals surface area (Å²) in [7, 11) is 4.56. The number of aromatic nitrogens is 1. The zero-order chi connectivity index (χ0) is 22.7. The van der Waals surface area contributed by atoms with Crippen molar-refractivity contribution in [1.82, 2.24) is 4.98 Å². The Kier molecular flexibility index (Phi) is 6.19. The fraction of sp³-hybridized carbons (Fsp3) is 0.115. The number of fused-ring (bicyclic) bond motifs is 1. The van der Waals surface area contributed by atoms with Crippen LogP contribution >= 0.6 is 11.6 Å². The summed E-state index contributed by atoms with van der Waals surface area (Å²) in [5.41, 5.74) is 4.23. The lowest BCUT2D eigenvalue weighted by Crippen LogP contribution is -2.00. The van der Waals surface area contributed by atoms with Gasteiger partial charge < -0.3 is 19.2 Å². The van der Waals surface area contributed by atoms with Gasteiger partial charge in [-0.1, -0.05) is 41.9 Å². The van der Waals surface area contributed by atoms with E-state index in [1.165, 1.54) is 21.3 Å². The van der Waals surface area contributed by atoms with Gasteiger partial charge in [-0.05, 0) is 48.0 Å². The third kappa shape index (κ3) is 4.07. The first kappa shape index (κ1) is 21.5. The number of halogens is 1. The molecule has 162 valence electrons. The van der Waals surface area contributed by atoms with Crippen molar-refractivity contribution < 1.29 is 19.0 Å². The molecule has 0 aliphatic carbocycles. The van der Waals surface area contributed by atoms with Crippen molar-refractivity contribution in [3.63, 3.8) is 0 Å². The number of carbonyl (C=O) groups excluding carboxylic acids is 1. The van der Waals surface area contributed by atoms with Crippen LogP contribution in [-0.2, 0) is 0 Å². The van der Waals surface area contributed by atoms with Crippen LogP contribution in [0.5, 0.6) is 17.2 Å². The smallest absolute Gasteiger partial charge is 0.203 e. The molecule has 0 atom stereocenters. The molecule has 0 fully saturated rings. The average molecular weight is 448 g/mol. The zero-order valence-electron chi connectivity index (χ0n) is 17.9. The highest BCUT2D eigenvalue weighted by Crippen LogP contribution is 2.38. The van der Waals surface area contributed by atoms with Crippen LogP contribution in [0.4, 0.5) is 0 Å². The number of para-hydroxylation sites is 1. The number of methoxy groups -OCH3 is 3. The van der Waals surface area contributed by atoms with Crippen LogP contribution in [0.2, 0.25) is 5.02 Å². The number of H-pyrrole nitrogens is 1. The van der Waals surface area contributed by atoms with Crippen LogP contribution in [-0.4, -0.2) is 32.1 Å². The van der Waals surface area contributed by atoms with Gasteiger partial charge in [-0.25, -0.2) is 0 Å². The molecule has 1 N–H and O–H groups in total. The Morgan fingerprint density at radius 1 is 0.906 bits per heavy atom. The lowest BCUT2D eigenvalue weighted by molar-refractivity contribution is 0.104. The second kappa shape index (κ2) is 9.20. The van der Waals surface area contributed by atoms with Crippen LogP contribution in [0, 0.1) is 0 Å². The number of rotatable bonds is 7. The van der Waals surface area contributed by atoms with Gasteiger partial charge in [0.25, 0.3) is 0 Å². The zero-order valence-corrected chi connectivity index (χ0v) is 18.7. The Morgan fingerprint density at radius 3 is 2.19 bits per heavy atom. The maximum Gasteiger partial charge on any atom is 0.203 e. The van der Waals surface area contributed by atoms with E-state index in [1.54, 1.807) is 18.2 Å². The fourth-order valence-electron chi connectivity index (χ4n) is 3.66. The first-order chi connectivity index (χ1) is 15.5. The highest BCUT2D eigenvalue weighted by atomic mass is 35.5. The molecule has 32 heavy (non-hydrogen) atoms. The molecule has 0 radical (unpaired) electrons. The molecule has 0 saturated carbocycles. The molecular weight excluding hydrogens is 426 g/mol. The van der Waals surface area contributed by atoms with E-state index in [-0.39, 0.29) is 5.78 Å². The normalized spacial score (nSPS) is 11.1. The predicted octanol–water partition coefficient (Wildman–Crippen LogP) is 6.41. The monoisotopic (exact) mass is 447 g/mol. The number of allylic oxidation sites excluding steroid dienone is 1. The van der Waals surface area contributed by atoms with E-state index in [9.17, 15) is 4.79 Å². The maximum absolute atomic E-state index is 13.0. The first-order valence-electron chi connectivity index (χ1n) is 9.94. The van der Waals surface area contributed by atoms with E-state index in [1.807, 2.05) is 54.6 Å². The minimum atomic E-state index is -0.184. The molecule has 5 nitrogen and oxygen atoms in total. The van der Waals surface area contributed by atoms with Gasteiger partial charge in [0.15, 0.2) is 17.3 Å². The summed E-state index contributed by atoms with van der Waals surface area (Å²) in [5.74, 6) is 1.11. The van der Waals surface area contributed by atoms with Gasteiger partial charge in [0.2, 0.25) is 5.75 Å². The van der Waals surface area contributed by atoms with Crippen molar-refractivity contribution in [3.05, 3.63) is 82.9 Å². The van der Waals surface area contributed by atoms with Crippen LogP contribution in [0.25, 0.3) is 28.2 Å². The van der Waals surface area contributed by atoms with Gasteiger partial charge in [-0.15, -0.1) is 0 Å². The second-order valence-electron chi connectivity index (χ2n) is 7.08. The van der Waals surface area contributed by atoms with E-state index >= 15 is 0 Å². The molecule has 0 amide bonds. The number of carbonyl (C=O) groups is 1. The van der Waals surface area contributed by atoms with Gasteiger partial charge in [0, 0.05) is 27.1 Å². The van der Waals surface area contributed by atoms with Crippen molar-refractivity contribution >= 4 is 34.4 Å². The van der Waals surface area contributed by atoms with E-state index in [2.05, 4.69) is 4.98 Å². The number of hydrogen-bond donors (Lipinski definition) is 1. The van der Waals surface area contributed by atoms with E-state index in [4.69, 9.17) is 25.8 Å². The summed E-state index contributed by atoms with van der Waals surface area (Å²) in [5, 5.41) is 1.69. The summed E-state index contributed by atoms with van der Waals surface area (Å²) in [6.07, 6.45) is 3.38. The molecule has 0 aliphatic rings. The molecule has 0 aliphatic heterocycles. The van der Waals surface area contributed by atoms with Gasteiger partial charge in [-0.3, -0.25) is 4.79 Å². The first-order valence-corrected chi connectivity index (χ1v) is 10.3.